The first-order chi connectivity index (χ1) is 14.1. The van der Waals surface area contributed by atoms with Gasteiger partial charge in [0.25, 0.3) is 0 Å². The molecule has 1 aliphatic heterocycles. The number of hydrogen-bond acceptors (Lipinski definition) is 7. The van der Waals surface area contributed by atoms with E-state index in [-0.39, 0.29) is 35.9 Å². The number of allylic oxidation sites excluding steroid dienone is 1. The van der Waals surface area contributed by atoms with E-state index in [1.54, 1.807) is 0 Å². The van der Waals surface area contributed by atoms with Crippen LogP contribution in [0.1, 0.15) is 39.0 Å². The van der Waals surface area contributed by atoms with Crippen molar-refractivity contribution in [2.75, 3.05) is 26.7 Å². The van der Waals surface area contributed by atoms with Gasteiger partial charge in [0.15, 0.2) is 0 Å². The fourth-order valence-electron chi connectivity index (χ4n) is 5.99. The van der Waals surface area contributed by atoms with Crippen LogP contribution in [0.4, 0.5) is 0 Å². The third-order valence-electron chi connectivity index (χ3n) is 7.77. The summed E-state index contributed by atoms with van der Waals surface area (Å²) in [6.07, 6.45) is -1.04. The first-order valence-electron chi connectivity index (χ1n) is 11.1. The van der Waals surface area contributed by atoms with Gasteiger partial charge in [0.2, 0.25) is 0 Å². The van der Waals surface area contributed by atoms with Crippen molar-refractivity contribution >= 4 is 5.97 Å². The highest BCUT2D eigenvalue weighted by Crippen LogP contribution is 2.56. The van der Waals surface area contributed by atoms with Gasteiger partial charge in [-0.2, -0.15) is 0 Å². The van der Waals surface area contributed by atoms with Gasteiger partial charge < -0.3 is 35.2 Å². The summed E-state index contributed by atoms with van der Waals surface area (Å²) in [6, 6.07) is 0. The second-order valence-corrected chi connectivity index (χ2v) is 10.1. The maximum atomic E-state index is 12.7. The summed E-state index contributed by atoms with van der Waals surface area (Å²) in [4.78, 5) is 13.5. The van der Waals surface area contributed by atoms with E-state index in [9.17, 15) is 25.2 Å². The molecule has 1 heterocycles. The van der Waals surface area contributed by atoms with Crippen LogP contribution in [0.3, 0.4) is 0 Å². The number of ether oxygens (including phenoxy) is 1. The fourth-order valence-corrected chi connectivity index (χ4v) is 5.99. The molecule has 3 rings (SSSR count). The molecule has 6 N–H and O–H groups in total. The van der Waals surface area contributed by atoms with Crippen molar-refractivity contribution in [2.24, 2.45) is 23.2 Å². The molecule has 0 aromatic rings. The summed E-state index contributed by atoms with van der Waals surface area (Å²) in [6.45, 7) is 6.43. The first kappa shape index (κ1) is 23.6. The summed E-state index contributed by atoms with van der Waals surface area (Å²) in [5, 5.41) is 48.4. The molecule has 0 bridgehead atoms. The van der Waals surface area contributed by atoms with E-state index in [4.69, 9.17) is 9.84 Å². The number of carbonyl (C=O) groups excluding carboxylic acids is 1. The van der Waals surface area contributed by atoms with Crippen LogP contribution >= 0.6 is 0 Å². The number of likely N-dealkylation sites (N-methyl/N-ethyl adjacent to an activating group) is 1. The molecule has 0 aromatic carbocycles. The van der Waals surface area contributed by atoms with Crippen LogP contribution in [-0.4, -0.2) is 88.8 Å². The summed E-state index contributed by atoms with van der Waals surface area (Å²) < 4.78 is 5.77. The van der Waals surface area contributed by atoms with Gasteiger partial charge in [-0.25, -0.2) is 0 Å². The minimum absolute atomic E-state index is 0.0699. The Labute approximate surface area is 178 Å². The van der Waals surface area contributed by atoms with Gasteiger partial charge in [0, 0.05) is 5.92 Å². The summed E-state index contributed by atoms with van der Waals surface area (Å²) in [7, 11) is 1.82. The zero-order valence-electron chi connectivity index (χ0n) is 18.0. The molecule has 0 aromatic heterocycles. The number of carbonyl (C=O) groups is 1. The molecule has 2 aliphatic carbocycles. The van der Waals surface area contributed by atoms with Crippen LogP contribution in [0.5, 0.6) is 0 Å². The molecule has 0 radical (unpaired) electrons. The molecular formula is C22H38NO7+. The molecule has 0 amide bonds. The second kappa shape index (κ2) is 9.22. The molecule has 10 atom stereocenters. The Morgan fingerprint density at radius 3 is 2.57 bits per heavy atom. The van der Waals surface area contributed by atoms with Crippen molar-refractivity contribution < 1.29 is 40.0 Å². The van der Waals surface area contributed by atoms with Gasteiger partial charge in [0.1, 0.15) is 43.0 Å². The van der Waals surface area contributed by atoms with Gasteiger partial charge in [-0.15, -0.1) is 0 Å². The van der Waals surface area contributed by atoms with Crippen LogP contribution in [0.25, 0.3) is 0 Å². The van der Waals surface area contributed by atoms with Gasteiger partial charge in [-0.3, -0.25) is 4.79 Å². The average Bonchev–Trinajstić information content (AvgIpc) is 2.98. The van der Waals surface area contributed by atoms with E-state index >= 15 is 0 Å². The number of esters is 1. The SMILES string of the molecule is C=C1CCC[C@]2(C)C[C@H]3OC(=O)[C@H](C[NH+](C)C[C@@H](O)[C@H](O)[C@H](O)[C@H](O)CO)[C@H]3C[C@@H]12. The van der Waals surface area contributed by atoms with Gasteiger partial charge in [-0.05, 0) is 43.4 Å². The fraction of sp³-hybridized carbons (Fsp3) is 0.864. The first-order valence-corrected chi connectivity index (χ1v) is 11.1. The molecule has 3 aliphatic rings. The molecular weight excluding hydrogens is 390 g/mol. The van der Waals surface area contributed by atoms with E-state index in [0.717, 1.165) is 37.0 Å². The Bertz CT molecular complexity index is 643. The third-order valence-corrected chi connectivity index (χ3v) is 7.77. The predicted molar refractivity (Wildman–Crippen MR) is 108 cm³/mol. The lowest BCUT2D eigenvalue weighted by Gasteiger charge is -2.50. The highest BCUT2D eigenvalue weighted by molar-refractivity contribution is 5.75. The normalized spacial score (nSPS) is 38.8. The predicted octanol–water partition coefficient (Wildman–Crippen LogP) is -1.75. The summed E-state index contributed by atoms with van der Waals surface area (Å²) in [5.41, 5.74) is 1.44. The second-order valence-electron chi connectivity index (χ2n) is 10.1. The molecule has 1 unspecified atom stereocenters. The molecule has 1 saturated heterocycles. The van der Waals surface area contributed by atoms with E-state index in [1.807, 2.05) is 7.05 Å². The summed E-state index contributed by atoms with van der Waals surface area (Å²) >= 11 is 0. The van der Waals surface area contributed by atoms with E-state index < -0.39 is 31.0 Å². The van der Waals surface area contributed by atoms with Crippen LogP contribution in [0.15, 0.2) is 12.2 Å². The maximum Gasteiger partial charge on any atom is 0.315 e. The lowest BCUT2D eigenvalue weighted by Crippen LogP contribution is -3.11. The molecule has 8 nitrogen and oxygen atoms in total. The molecule has 2 saturated carbocycles. The number of nitrogens with one attached hydrogen (secondary N) is 1. The number of aliphatic hydroxyl groups excluding tert-OH is 5. The number of aliphatic hydroxyl groups is 5. The molecule has 8 heteroatoms. The largest absolute Gasteiger partial charge is 0.462 e. The maximum absolute atomic E-state index is 12.7. The third kappa shape index (κ3) is 4.59. The van der Waals surface area contributed by atoms with Gasteiger partial charge in [-0.1, -0.05) is 19.1 Å². The lowest BCUT2D eigenvalue weighted by molar-refractivity contribution is -0.886. The molecule has 0 spiro atoms. The number of quaternary nitrogens is 1. The molecule has 30 heavy (non-hydrogen) atoms. The minimum atomic E-state index is -1.65. The highest BCUT2D eigenvalue weighted by atomic mass is 16.6. The molecule has 172 valence electrons. The van der Waals surface area contributed by atoms with E-state index in [2.05, 4.69) is 13.5 Å². The Morgan fingerprint density at radius 1 is 1.23 bits per heavy atom. The van der Waals surface area contributed by atoms with Gasteiger partial charge >= 0.3 is 5.97 Å². The van der Waals surface area contributed by atoms with Crippen molar-refractivity contribution in [3.8, 4) is 0 Å². The Hall–Kier alpha value is -1.03. The smallest absolute Gasteiger partial charge is 0.315 e. The monoisotopic (exact) mass is 428 g/mol. The van der Waals surface area contributed by atoms with Crippen molar-refractivity contribution in [1.29, 1.82) is 0 Å². The summed E-state index contributed by atoms with van der Waals surface area (Å²) in [5.74, 6) is 0.0751. The molecule has 3 fully saturated rings. The van der Waals surface area contributed by atoms with E-state index in [0.29, 0.717) is 12.5 Å². The average molecular weight is 429 g/mol. The zero-order chi connectivity index (χ0) is 22.2. The zero-order valence-corrected chi connectivity index (χ0v) is 18.0. The number of fused-ring (bicyclic) bond motifs is 2. The van der Waals surface area contributed by atoms with Crippen LogP contribution in [0, 0.1) is 23.2 Å². The topological polar surface area (TPSA) is 132 Å². The van der Waals surface area contributed by atoms with Crippen LogP contribution in [0.2, 0.25) is 0 Å². The minimum Gasteiger partial charge on any atom is -0.462 e. The van der Waals surface area contributed by atoms with Crippen molar-refractivity contribution in [3.63, 3.8) is 0 Å². The van der Waals surface area contributed by atoms with Crippen molar-refractivity contribution in [3.05, 3.63) is 12.2 Å². The Balaban J connectivity index is 1.61. The lowest BCUT2D eigenvalue weighted by atomic mass is 9.55. The number of rotatable bonds is 8. The van der Waals surface area contributed by atoms with Crippen molar-refractivity contribution in [1.82, 2.24) is 0 Å². The van der Waals surface area contributed by atoms with Gasteiger partial charge in [0.05, 0.1) is 20.2 Å². The van der Waals surface area contributed by atoms with E-state index in [1.165, 1.54) is 5.57 Å². The van der Waals surface area contributed by atoms with Crippen LogP contribution in [-0.2, 0) is 9.53 Å². The van der Waals surface area contributed by atoms with Crippen molar-refractivity contribution in [2.45, 2.75) is 69.5 Å². The quantitative estimate of drug-likeness (QED) is 0.200. The Kier molecular flexibility index (Phi) is 7.26. The highest BCUT2D eigenvalue weighted by Gasteiger charge is 2.55. The standard InChI is InChI=1S/C22H37NO7/c1-12-5-4-6-22(2)8-18-13(7-15(12)22)14(21(29)30-18)9-23(3)10-16(25)19(27)20(28)17(26)11-24/h13-20,24-28H,1,4-11H2,2-3H3/p+1/t13-,14-,15+,16-,17-,18-,19+,20-,22-/m1/s1. The Morgan fingerprint density at radius 2 is 1.90 bits per heavy atom. The van der Waals surface area contributed by atoms with Crippen LogP contribution < -0.4 is 4.90 Å². The number of hydrogen-bond donors (Lipinski definition) is 6.